The maximum atomic E-state index is 6.03. The normalized spacial score (nSPS) is 25.9. The highest BCUT2D eigenvalue weighted by Crippen LogP contribution is 2.31. The molecule has 2 aliphatic rings. The molecule has 0 aromatic carbocycles. The van der Waals surface area contributed by atoms with Crippen molar-refractivity contribution in [1.29, 1.82) is 0 Å². The van der Waals surface area contributed by atoms with E-state index in [-0.39, 0.29) is 5.28 Å². The van der Waals surface area contributed by atoms with Crippen LogP contribution < -0.4 is 5.32 Å². The van der Waals surface area contributed by atoms with Gasteiger partial charge in [0.05, 0.1) is 18.6 Å². The zero-order valence-corrected chi connectivity index (χ0v) is 15.6. The largest absolute Gasteiger partial charge is 0.379 e. The van der Waals surface area contributed by atoms with Crippen LogP contribution in [0.2, 0.25) is 5.28 Å². The molecule has 0 spiro atoms. The van der Waals surface area contributed by atoms with Crippen LogP contribution in [0.25, 0.3) is 11.0 Å². The van der Waals surface area contributed by atoms with Crippen LogP contribution >= 0.6 is 27.5 Å². The number of ether oxygens (including phenoxy) is 1. The van der Waals surface area contributed by atoms with E-state index in [1.54, 1.807) is 0 Å². The quantitative estimate of drug-likeness (QED) is 0.751. The Balaban J connectivity index is 1.43. The lowest BCUT2D eigenvalue weighted by Gasteiger charge is -2.39. The minimum atomic E-state index is 0.225. The lowest BCUT2D eigenvalue weighted by Crippen LogP contribution is -2.46. The Kier molecular flexibility index (Phi) is 4.89. The van der Waals surface area contributed by atoms with Crippen LogP contribution in [-0.4, -0.2) is 63.5 Å². The van der Waals surface area contributed by atoms with Crippen LogP contribution in [0.4, 0.5) is 5.82 Å². The molecule has 130 valence electrons. The summed E-state index contributed by atoms with van der Waals surface area (Å²) in [5.41, 5.74) is 0.645. The van der Waals surface area contributed by atoms with Crippen LogP contribution in [0, 0.1) is 0 Å². The minimum Gasteiger partial charge on any atom is -0.379 e. The van der Waals surface area contributed by atoms with Crippen molar-refractivity contribution in [2.24, 2.45) is 0 Å². The minimum absolute atomic E-state index is 0.225. The molecule has 2 fully saturated rings. The van der Waals surface area contributed by atoms with Crippen LogP contribution in [0.5, 0.6) is 0 Å². The first-order valence-electron chi connectivity index (χ1n) is 8.36. The van der Waals surface area contributed by atoms with Gasteiger partial charge in [-0.1, -0.05) is 0 Å². The molecule has 9 heteroatoms. The molecule has 7 nitrogen and oxygen atoms in total. The fraction of sp³-hybridized carbons (Fsp3) is 0.667. The second-order valence-corrected chi connectivity index (χ2v) is 7.47. The van der Waals surface area contributed by atoms with Gasteiger partial charge in [0.25, 0.3) is 0 Å². The van der Waals surface area contributed by atoms with Crippen molar-refractivity contribution in [1.82, 2.24) is 25.1 Å². The molecular weight excluding hydrogens is 396 g/mol. The summed E-state index contributed by atoms with van der Waals surface area (Å²) in [7, 11) is 0. The molecule has 4 rings (SSSR count). The fourth-order valence-electron chi connectivity index (χ4n) is 3.69. The van der Waals surface area contributed by atoms with E-state index >= 15 is 0 Å². The third-order valence-electron chi connectivity index (χ3n) is 4.95. The number of fused-ring (bicyclic) bond motifs is 1. The van der Waals surface area contributed by atoms with Crippen LogP contribution in [-0.2, 0) is 4.74 Å². The number of aromatic amines is 1. The van der Waals surface area contributed by atoms with Gasteiger partial charge in [-0.05, 0) is 53.2 Å². The Bertz CT molecular complexity index is 711. The van der Waals surface area contributed by atoms with E-state index in [4.69, 9.17) is 16.3 Å². The van der Waals surface area contributed by atoms with Crippen molar-refractivity contribution in [2.75, 3.05) is 31.6 Å². The lowest BCUT2D eigenvalue weighted by molar-refractivity contribution is 0.00791. The van der Waals surface area contributed by atoms with Crippen molar-refractivity contribution in [3.05, 3.63) is 9.89 Å². The van der Waals surface area contributed by atoms with E-state index < -0.39 is 0 Å². The van der Waals surface area contributed by atoms with Gasteiger partial charge in [-0.3, -0.25) is 10.00 Å². The van der Waals surface area contributed by atoms with E-state index in [1.165, 1.54) is 12.8 Å². The predicted octanol–water partition coefficient (Wildman–Crippen LogP) is 2.82. The molecule has 0 radical (unpaired) electrons. The van der Waals surface area contributed by atoms with Gasteiger partial charge in [0.1, 0.15) is 10.4 Å². The Morgan fingerprint density at radius 2 is 1.92 bits per heavy atom. The van der Waals surface area contributed by atoms with Gasteiger partial charge in [-0.2, -0.15) is 15.1 Å². The Labute approximate surface area is 153 Å². The summed E-state index contributed by atoms with van der Waals surface area (Å²) >= 11 is 9.48. The number of hydrogen-bond acceptors (Lipinski definition) is 6. The van der Waals surface area contributed by atoms with Crippen molar-refractivity contribution in [3.63, 3.8) is 0 Å². The summed E-state index contributed by atoms with van der Waals surface area (Å²) in [5, 5.41) is 11.6. The molecule has 0 unspecified atom stereocenters. The van der Waals surface area contributed by atoms with Gasteiger partial charge in [0.15, 0.2) is 5.65 Å². The Morgan fingerprint density at radius 1 is 1.17 bits per heavy atom. The van der Waals surface area contributed by atoms with Crippen molar-refractivity contribution < 1.29 is 4.74 Å². The highest BCUT2D eigenvalue weighted by Gasteiger charge is 2.27. The van der Waals surface area contributed by atoms with Gasteiger partial charge in [-0.15, -0.1) is 0 Å². The van der Waals surface area contributed by atoms with Crippen LogP contribution in [0.3, 0.4) is 0 Å². The number of anilines is 1. The van der Waals surface area contributed by atoms with E-state index in [1.807, 2.05) is 0 Å². The average molecular weight is 416 g/mol. The lowest BCUT2D eigenvalue weighted by atomic mass is 9.90. The first-order valence-corrected chi connectivity index (χ1v) is 9.53. The smallest absolute Gasteiger partial charge is 0.226 e. The number of nitrogens with zero attached hydrogens (tertiary/aromatic N) is 4. The zero-order chi connectivity index (χ0) is 16.5. The van der Waals surface area contributed by atoms with Gasteiger partial charge in [0, 0.05) is 25.2 Å². The number of rotatable bonds is 3. The molecule has 1 aliphatic carbocycles. The third-order valence-corrected chi connectivity index (χ3v) is 5.69. The SMILES string of the molecule is Clc1nc(N[C@H]2CC[C@H](N3CCOCC3)CC2)c2c(Br)n[nH]c2n1. The number of aromatic nitrogens is 4. The van der Waals surface area contributed by atoms with E-state index in [9.17, 15) is 0 Å². The van der Waals surface area contributed by atoms with Crippen LogP contribution in [0.1, 0.15) is 25.7 Å². The van der Waals surface area contributed by atoms with Crippen molar-refractivity contribution >= 4 is 44.4 Å². The number of nitrogens with one attached hydrogen (secondary N) is 2. The monoisotopic (exact) mass is 414 g/mol. The van der Waals surface area contributed by atoms with E-state index in [2.05, 4.69) is 46.3 Å². The first kappa shape index (κ1) is 16.5. The highest BCUT2D eigenvalue weighted by molar-refractivity contribution is 9.10. The molecule has 2 aromatic heterocycles. The summed E-state index contributed by atoms with van der Waals surface area (Å²) < 4.78 is 6.16. The number of morpholine rings is 1. The summed E-state index contributed by atoms with van der Waals surface area (Å²) in [6.45, 7) is 3.86. The molecule has 0 amide bonds. The topological polar surface area (TPSA) is 79.0 Å². The number of halogens is 2. The van der Waals surface area contributed by atoms with Gasteiger partial charge in [0.2, 0.25) is 5.28 Å². The molecular formula is C15H20BrClN6O. The summed E-state index contributed by atoms with van der Waals surface area (Å²) in [6, 6.07) is 1.08. The van der Waals surface area contributed by atoms with Gasteiger partial charge < -0.3 is 10.1 Å². The maximum absolute atomic E-state index is 6.03. The maximum Gasteiger partial charge on any atom is 0.226 e. The standard InChI is InChI=1S/C15H20BrClN6O/c16-12-11-13(19-15(17)20-14(11)22-21-12)18-9-1-3-10(4-2-9)23-5-7-24-8-6-23/h9-10H,1-8H2,(H2,18,19,20,21,22)/t9-,10-. The third kappa shape index (κ3) is 3.37. The van der Waals surface area contributed by atoms with Gasteiger partial charge in [-0.25, -0.2) is 0 Å². The summed E-state index contributed by atoms with van der Waals surface area (Å²) in [5.74, 6) is 0.750. The molecule has 2 N–H and O–H groups in total. The second kappa shape index (κ2) is 7.11. The molecule has 0 bridgehead atoms. The Hall–Kier alpha value is -0.960. The Morgan fingerprint density at radius 3 is 2.67 bits per heavy atom. The fourth-order valence-corrected chi connectivity index (χ4v) is 4.33. The highest BCUT2D eigenvalue weighted by atomic mass is 79.9. The molecule has 1 saturated carbocycles. The molecule has 2 aromatic rings. The van der Waals surface area contributed by atoms with Crippen molar-refractivity contribution in [2.45, 2.75) is 37.8 Å². The molecule has 0 atom stereocenters. The van der Waals surface area contributed by atoms with Gasteiger partial charge >= 0.3 is 0 Å². The number of hydrogen-bond donors (Lipinski definition) is 2. The molecule has 1 aliphatic heterocycles. The predicted molar refractivity (Wildman–Crippen MR) is 96.5 cm³/mol. The number of H-pyrrole nitrogens is 1. The molecule has 3 heterocycles. The van der Waals surface area contributed by atoms with E-state index in [0.29, 0.717) is 22.3 Å². The average Bonchev–Trinajstić information content (AvgIpc) is 2.97. The van der Waals surface area contributed by atoms with E-state index in [0.717, 1.165) is 50.3 Å². The molecule has 1 saturated heterocycles. The molecule has 24 heavy (non-hydrogen) atoms. The van der Waals surface area contributed by atoms with Crippen LogP contribution in [0.15, 0.2) is 4.60 Å². The summed E-state index contributed by atoms with van der Waals surface area (Å²) in [4.78, 5) is 11.1. The van der Waals surface area contributed by atoms with Crippen molar-refractivity contribution in [3.8, 4) is 0 Å². The second-order valence-electron chi connectivity index (χ2n) is 6.38. The first-order chi connectivity index (χ1) is 11.7. The zero-order valence-electron chi connectivity index (χ0n) is 13.3. The summed E-state index contributed by atoms with van der Waals surface area (Å²) in [6.07, 6.45) is 4.65.